The van der Waals surface area contributed by atoms with Gasteiger partial charge in [-0.15, -0.1) is 5.10 Å². The SMILES string of the molecule is CCCn1nnc2cc(-c3noc(-c4ccc(OCC)c(OCC)c4)n3)ccc21. The summed E-state index contributed by atoms with van der Waals surface area (Å²) in [6.07, 6.45) is 1.00. The Morgan fingerprint density at radius 3 is 2.52 bits per heavy atom. The van der Waals surface area contributed by atoms with E-state index in [2.05, 4.69) is 27.4 Å². The fourth-order valence-electron chi connectivity index (χ4n) is 3.13. The molecule has 29 heavy (non-hydrogen) atoms. The van der Waals surface area contributed by atoms with Crippen LogP contribution in [-0.2, 0) is 6.54 Å². The van der Waals surface area contributed by atoms with Crippen molar-refractivity contribution < 1.29 is 14.0 Å². The highest BCUT2D eigenvalue weighted by Crippen LogP contribution is 2.33. The molecule has 0 amide bonds. The van der Waals surface area contributed by atoms with E-state index in [4.69, 9.17) is 14.0 Å². The lowest BCUT2D eigenvalue weighted by atomic mass is 10.1. The molecule has 0 bridgehead atoms. The van der Waals surface area contributed by atoms with Gasteiger partial charge >= 0.3 is 0 Å². The Labute approximate surface area is 168 Å². The second-order valence-corrected chi connectivity index (χ2v) is 6.47. The van der Waals surface area contributed by atoms with Crippen LogP contribution in [0.2, 0.25) is 0 Å². The first-order valence-electron chi connectivity index (χ1n) is 9.80. The first kappa shape index (κ1) is 18.9. The molecule has 0 spiro atoms. The number of aryl methyl sites for hydroxylation is 1. The van der Waals surface area contributed by atoms with Crippen molar-refractivity contribution in [1.82, 2.24) is 25.1 Å². The van der Waals surface area contributed by atoms with Crippen molar-refractivity contribution in [2.75, 3.05) is 13.2 Å². The number of rotatable bonds is 8. The number of ether oxygens (including phenoxy) is 2. The molecule has 150 valence electrons. The van der Waals surface area contributed by atoms with Crippen LogP contribution in [0.5, 0.6) is 11.5 Å². The number of nitrogens with zero attached hydrogens (tertiary/aromatic N) is 5. The summed E-state index contributed by atoms with van der Waals surface area (Å²) < 4.78 is 18.7. The molecule has 0 saturated carbocycles. The molecule has 0 aliphatic carbocycles. The van der Waals surface area contributed by atoms with Gasteiger partial charge in [0.05, 0.1) is 18.7 Å². The normalized spacial score (nSPS) is 11.1. The van der Waals surface area contributed by atoms with Crippen LogP contribution in [0.4, 0.5) is 0 Å². The monoisotopic (exact) mass is 393 g/mol. The number of fused-ring (bicyclic) bond motifs is 1. The maximum atomic E-state index is 5.68. The van der Waals surface area contributed by atoms with Gasteiger partial charge in [0, 0.05) is 17.7 Å². The van der Waals surface area contributed by atoms with Crippen LogP contribution in [0.1, 0.15) is 27.2 Å². The van der Waals surface area contributed by atoms with Crippen molar-refractivity contribution in [2.45, 2.75) is 33.7 Å². The standard InChI is InChI=1S/C21H23N5O3/c1-4-11-26-17-9-7-14(12-16(17)23-25-26)20-22-21(29-24-20)15-8-10-18(27-5-2)19(13-15)28-6-3/h7-10,12-13H,4-6,11H2,1-3H3. The Hall–Kier alpha value is -3.42. The van der Waals surface area contributed by atoms with E-state index in [1.165, 1.54) is 0 Å². The van der Waals surface area contributed by atoms with Gasteiger partial charge in [-0.25, -0.2) is 4.68 Å². The van der Waals surface area contributed by atoms with E-state index in [0.29, 0.717) is 36.4 Å². The third kappa shape index (κ3) is 3.78. The Morgan fingerprint density at radius 1 is 0.931 bits per heavy atom. The third-order valence-electron chi connectivity index (χ3n) is 4.42. The summed E-state index contributed by atoms with van der Waals surface area (Å²) in [4.78, 5) is 4.55. The molecule has 0 N–H and O–H groups in total. The maximum absolute atomic E-state index is 5.68. The smallest absolute Gasteiger partial charge is 0.258 e. The minimum atomic E-state index is 0.415. The Morgan fingerprint density at radius 2 is 1.72 bits per heavy atom. The molecule has 4 aromatic rings. The van der Waals surface area contributed by atoms with E-state index in [1.807, 2.05) is 54.9 Å². The summed E-state index contributed by atoms with van der Waals surface area (Å²) in [6.45, 7) is 7.92. The first-order chi connectivity index (χ1) is 14.2. The average Bonchev–Trinajstić information content (AvgIpc) is 3.37. The van der Waals surface area contributed by atoms with E-state index in [1.54, 1.807) is 0 Å². The van der Waals surface area contributed by atoms with Crippen LogP contribution < -0.4 is 9.47 Å². The summed E-state index contributed by atoms with van der Waals surface area (Å²) in [5.41, 5.74) is 3.40. The molecule has 2 heterocycles. The van der Waals surface area contributed by atoms with Crippen molar-refractivity contribution in [1.29, 1.82) is 0 Å². The van der Waals surface area contributed by atoms with Gasteiger partial charge in [0.15, 0.2) is 11.5 Å². The largest absolute Gasteiger partial charge is 0.490 e. The highest BCUT2D eigenvalue weighted by Gasteiger charge is 2.15. The molecule has 4 rings (SSSR count). The predicted molar refractivity (Wildman–Crippen MR) is 109 cm³/mol. The summed E-state index contributed by atoms with van der Waals surface area (Å²) >= 11 is 0. The number of hydrogen-bond acceptors (Lipinski definition) is 7. The van der Waals surface area contributed by atoms with E-state index in [9.17, 15) is 0 Å². The first-order valence-corrected chi connectivity index (χ1v) is 9.80. The molecule has 2 aromatic carbocycles. The lowest BCUT2D eigenvalue weighted by Crippen LogP contribution is -1.98. The summed E-state index contributed by atoms with van der Waals surface area (Å²) in [6, 6.07) is 11.4. The second kappa shape index (κ2) is 8.30. The van der Waals surface area contributed by atoms with E-state index in [-0.39, 0.29) is 0 Å². The summed E-state index contributed by atoms with van der Waals surface area (Å²) in [5, 5.41) is 12.6. The van der Waals surface area contributed by atoms with Crippen molar-refractivity contribution in [2.24, 2.45) is 0 Å². The molecule has 0 unspecified atom stereocenters. The molecule has 0 saturated heterocycles. The Balaban J connectivity index is 1.64. The minimum absolute atomic E-state index is 0.415. The lowest BCUT2D eigenvalue weighted by molar-refractivity contribution is 0.288. The molecular weight excluding hydrogens is 370 g/mol. The van der Waals surface area contributed by atoms with Gasteiger partial charge in [0.2, 0.25) is 5.82 Å². The van der Waals surface area contributed by atoms with Gasteiger partial charge in [-0.05, 0) is 56.7 Å². The second-order valence-electron chi connectivity index (χ2n) is 6.47. The van der Waals surface area contributed by atoms with Gasteiger partial charge in [-0.1, -0.05) is 17.3 Å². The van der Waals surface area contributed by atoms with E-state index >= 15 is 0 Å². The van der Waals surface area contributed by atoms with Gasteiger partial charge in [-0.2, -0.15) is 4.98 Å². The van der Waals surface area contributed by atoms with Crippen molar-refractivity contribution in [3.8, 4) is 34.3 Å². The van der Waals surface area contributed by atoms with Gasteiger partial charge in [-0.3, -0.25) is 0 Å². The fraction of sp³-hybridized carbons (Fsp3) is 0.333. The van der Waals surface area contributed by atoms with Crippen LogP contribution in [-0.4, -0.2) is 38.3 Å². The zero-order valence-corrected chi connectivity index (χ0v) is 16.8. The van der Waals surface area contributed by atoms with Crippen molar-refractivity contribution in [3.63, 3.8) is 0 Å². The quantitative estimate of drug-likeness (QED) is 0.439. The molecule has 2 aromatic heterocycles. The van der Waals surface area contributed by atoms with Gasteiger partial charge in [0.1, 0.15) is 5.52 Å². The van der Waals surface area contributed by atoms with Crippen LogP contribution in [0.15, 0.2) is 40.9 Å². The van der Waals surface area contributed by atoms with Crippen molar-refractivity contribution in [3.05, 3.63) is 36.4 Å². The highest BCUT2D eigenvalue weighted by molar-refractivity contribution is 5.80. The van der Waals surface area contributed by atoms with Crippen LogP contribution in [0.3, 0.4) is 0 Å². The number of benzene rings is 2. The molecule has 8 nitrogen and oxygen atoms in total. The lowest BCUT2D eigenvalue weighted by Gasteiger charge is -2.11. The van der Waals surface area contributed by atoms with Crippen LogP contribution >= 0.6 is 0 Å². The van der Waals surface area contributed by atoms with Gasteiger partial charge in [0.25, 0.3) is 5.89 Å². The predicted octanol–water partition coefficient (Wildman–Crippen LogP) is 4.36. The average molecular weight is 393 g/mol. The molecule has 0 radical (unpaired) electrons. The van der Waals surface area contributed by atoms with Crippen LogP contribution in [0.25, 0.3) is 33.9 Å². The van der Waals surface area contributed by atoms with E-state index < -0.39 is 0 Å². The third-order valence-corrected chi connectivity index (χ3v) is 4.42. The molecule has 8 heteroatoms. The topological polar surface area (TPSA) is 88.1 Å². The molecule has 0 aliphatic rings. The number of aromatic nitrogens is 5. The summed E-state index contributed by atoms with van der Waals surface area (Å²) in [7, 11) is 0. The molecule has 0 atom stereocenters. The Bertz CT molecular complexity index is 1120. The Kier molecular flexibility index (Phi) is 5.41. The fourth-order valence-corrected chi connectivity index (χ4v) is 3.13. The van der Waals surface area contributed by atoms with Crippen molar-refractivity contribution >= 4 is 11.0 Å². The molecular formula is C21H23N5O3. The zero-order chi connectivity index (χ0) is 20.2. The summed E-state index contributed by atoms with van der Waals surface area (Å²) in [5.74, 6) is 2.26. The number of hydrogen-bond donors (Lipinski definition) is 0. The maximum Gasteiger partial charge on any atom is 0.258 e. The zero-order valence-electron chi connectivity index (χ0n) is 16.8. The van der Waals surface area contributed by atoms with E-state index in [0.717, 1.165) is 35.1 Å². The van der Waals surface area contributed by atoms with Gasteiger partial charge < -0.3 is 14.0 Å². The molecule has 0 fully saturated rings. The molecule has 0 aliphatic heterocycles. The highest BCUT2D eigenvalue weighted by atomic mass is 16.5. The minimum Gasteiger partial charge on any atom is -0.490 e. The van der Waals surface area contributed by atoms with Crippen LogP contribution in [0, 0.1) is 0 Å².